The molecule has 1 aromatic rings. The number of halogens is 1. The molecule has 1 aromatic carbocycles. The second-order valence-corrected chi connectivity index (χ2v) is 7.83. The van der Waals surface area contributed by atoms with Gasteiger partial charge in [-0.15, -0.1) is 24.0 Å². The zero-order valence-corrected chi connectivity index (χ0v) is 20.3. The van der Waals surface area contributed by atoms with Crippen molar-refractivity contribution < 1.29 is 9.53 Å². The van der Waals surface area contributed by atoms with Crippen molar-refractivity contribution in [2.75, 3.05) is 51.8 Å². The monoisotopic (exact) mass is 529 g/mol. The number of hydrogen-bond donors (Lipinski definition) is 3. The smallest absolute Gasteiger partial charge is 0.227 e. The summed E-state index contributed by atoms with van der Waals surface area (Å²) < 4.78 is 5.38. The minimum Gasteiger partial charge on any atom is -0.379 e. The number of benzene rings is 1. The fraction of sp³-hybridized carbons (Fsp3) is 0.636. The van der Waals surface area contributed by atoms with Gasteiger partial charge in [-0.05, 0) is 30.5 Å². The second kappa shape index (κ2) is 13.8. The number of ether oxygens (including phenoxy) is 1. The molecule has 2 aliphatic rings. The van der Waals surface area contributed by atoms with E-state index >= 15 is 0 Å². The molecule has 1 amide bonds. The lowest BCUT2D eigenvalue weighted by Gasteiger charge is -2.26. The first-order chi connectivity index (χ1) is 14.2. The Morgan fingerprint density at radius 3 is 2.67 bits per heavy atom. The van der Waals surface area contributed by atoms with Gasteiger partial charge in [0.05, 0.1) is 13.2 Å². The Morgan fingerprint density at radius 1 is 1.17 bits per heavy atom. The van der Waals surface area contributed by atoms with Crippen LogP contribution in [0.3, 0.4) is 0 Å². The van der Waals surface area contributed by atoms with Gasteiger partial charge in [0.25, 0.3) is 0 Å². The first-order valence-corrected chi connectivity index (χ1v) is 10.9. The molecular formula is C22H36IN5O2. The standard InChI is InChI=1S/C22H35N5O2.HI/c1-23-22(24-10-11-27-12-14-29-15-13-27)25-17-18-6-5-9-20(16-18)26-21(28)19-7-3-2-4-8-19;/h5-6,9,16,19H,2-4,7-8,10-15,17H2,1H3,(H,26,28)(H2,23,24,25);1H. The van der Waals surface area contributed by atoms with Gasteiger partial charge in [0.15, 0.2) is 5.96 Å². The van der Waals surface area contributed by atoms with Crippen LogP contribution in [0.2, 0.25) is 0 Å². The molecule has 0 radical (unpaired) electrons. The van der Waals surface area contributed by atoms with E-state index in [1.165, 1.54) is 19.3 Å². The molecule has 30 heavy (non-hydrogen) atoms. The molecule has 1 heterocycles. The van der Waals surface area contributed by atoms with Crippen LogP contribution in [-0.2, 0) is 16.1 Å². The van der Waals surface area contributed by atoms with Gasteiger partial charge in [-0.2, -0.15) is 0 Å². The van der Waals surface area contributed by atoms with Gasteiger partial charge in [-0.25, -0.2) is 0 Å². The van der Waals surface area contributed by atoms with E-state index in [9.17, 15) is 4.79 Å². The minimum absolute atomic E-state index is 0. The fourth-order valence-corrected chi connectivity index (χ4v) is 3.93. The average molecular weight is 529 g/mol. The molecule has 3 rings (SSSR count). The number of hydrogen-bond acceptors (Lipinski definition) is 4. The zero-order valence-electron chi connectivity index (χ0n) is 18.0. The van der Waals surface area contributed by atoms with Crippen LogP contribution in [0.1, 0.15) is 37.7 Å². The highest BCUT2D eigenvalue weighted by molar-refractivity contribution is 14.0. The lowest BCUT2D eigenvalue weighted by molar-refractivity contribution is -0.120. The summed E-state index contributed by atoms with van der Waals surface area (Å²) in [7, 11) is 1.78. The molecule has 1 aliphatic carbocycles. The summed E-state index contributed by atoms with van der Waals surface area (Å²) >= 11 is 0. The first-order valence-electron chi connectivity index (χ1n) is 10.9. The van der Waals surface area contributed by atoms with E-state index < -0.39 is 0 Å². The van der Waals surface area contributed by atoms with Crippen molar-refractivity contribution in [1.82, 2.24) is 15.5 Å². The lowest BCUT2D eigenvalue weighted by Crippen LogP contribution is -2.44. The summed E-state index contributed by atoms with van der Waals surface area (Å²) in [6.45, 7) is 6.11. The summed E-state index contributed by atoms with van der Waals surface area (Å²) in [5.41, 5.74) is 1.98. The molecule has 1 saturated heterocycles. The lowest BCUT2D eigenvalue weighted by atomic mass is 9.88. The minimum atomic E-state index is 0. The van der Waals surface area contributed by atoms with Crippen LogP contribution in [0.15, 0.2) is 29.3 Å². The van der Waals surface area contributed by atoms with Crippen LogP contribution in [0.5, 0.6) is 0 Å². The van der Waals surface area contributed by atoms with E-state index in [1.54, 1.807) is 7.05 Å². The Kier molecular flexibility index (Phi) is 11.5. The fourth-order valence-electron chi connectivity index (χ4n) is 3.93. The maximum absolute atomic E-state index is 12.5. The van der Waals surface area contributed by atoms with E-state index in [4.69, 9.17) is 4.74 Å². The van der Waals surface area contributed by atoms with Crippen molar-refractivity contribution in [2.24, 2.45) is 10.9 Å². The average Bonchev–Trinajstić information content (AvgIpc) is 2.77. The number of nitrogens with zero attached hydrogens (tertiary/aromatic N) is 2. The van der Waals surface area contributed by atoms with E-state index in [-0.39, 0.29) is 35.8 Å². The SMILES string of the molecule is CN=C(NCCN1CCOCC1)NCc1cccc(NC(=O)C2CCCCC2)c1.I. The van der Waals surface area contributed by atoms with Gasteiger partial charge in [0.1, 0.15) is 0 Å². The van der Waals surface area contributed by atoms with Crippen LogP contribution in [0.25, 0.3) is 0 Å². The number of anilines is 1. The molecule has 0 bridgehead atoms. The van der Waals surface area contributed by atoms with Crippen molar-refractivity contribution in [3.63, 3.8) is 0 Å². The van der Waals surface area contributed by atoms with Gasteiger partial charge >= 0.3 is 0 Å². The first kappa shape index (κ1) is 24.9. The Labute approximate surface area is 197 Å². The second-order valence-electron chi connectivity index (χ2n) is 7.83. The summed E-state index contributed by atoms with van der Waals surface area (Å²) in [6.07, 6.45) is 5.62. The third-order valence-electron chi connectivity index (χ3n) is 5.68. The van der Waals surface area contributed by atoms with Gasteiger partial charge in [-0.1, -0.05) is 31.4 Å². The highest BCUT2D eigenvalue weighted by Gasteiger charge is 2.21. The molecular weight excluding hydrogens is 493 g/mol. The molecule has 3 N–H and O–H groups in total. The van der Waals surface area contributed by atoms with E-state index in [0.717, 1.165) is 69.4 Å². The number of nitrogens with one attached hydrogen (secondary N) is 3. The molecule has 1 aliphatic heterocycles. The van der Waals surface area contributed by atoms with Gasteiger partial charge in [0.2, 0.25) is 5.91 Å². The quantitative estimate of drug-likeness (QED) is 0.288. The Balaban J connectivity index is 0.00000320. The van der Waals surface area contributed by atoms with E-state index in [2.05, 4.69) is 31.9 Å². The van der Waals surface area contributed by atoms with Crippen LogP contribution in [0.4, 0.5) is 5.69 Å². The highest BCUT2D eigenvalue weighted by Crippen LogP contribution is 2.25. The van der Waals surface area contributed by atoms with Crippen molar-refractivity contribution in [3.05, 3.63) is 29.8 Å². The number of carbonyl (C=O) groups excluding carboxylic acids is 1. The van der Waals surface area contributed by atoms with Crippen LogP contribution in [-0.4, -0.2) is 63.2 Å². The number of guanidine groups is 1. The van der Waals surface area contributed by atoms with Crippen molar-refractivity contribution in [2.45, 2.75) is 38.6 Å². The van der Waals surface area contributed by atoms with Gasteiger partial charge < -0.3 is 20.7 Å². The van der Waals surface area contributed by atoms with Crippen LogP contribution < -0.4 is 16.0 Å². The Morgan fingerprint density at radius 2 is 1.93 bits per heavy atom. The number of carbonyl (C=O) groups is 1. The van der Waals surface area contributed by atoms with Gasteiger partial charge in [-0.3, -0.25) is 14.7 Å². The normalized spacial score (nSPS) is 18.4. The topological polar surface area (TPSA) is 78.0 Å². The summed E-state index contributed by atoms with van der Waals surface area (Å²) in [5.74, 6) is 1.12. The highest BCUT2D eigenvalue weighted by atomic mass is 127. The number of morpholine rings is 1. The van der Waals surface area contributed by atoms with E-state index in [0.29, 0.717) is 6.54 Å². The maximum atomic E-state index is 12.5. The van der Waals surface area contributed by atoms with Crippen molar-refractivity contribution in [1.29, 1.82) is 0 Å². The third kappa shape index (κ3) is 8.39. The van der Waals surface area contributed by atoms with Gasteiger partial charge in [0, 0.05) is 51.4 Å². The summed E-state index contributed by atoms with van der Waals surface area (Å²) in [4.78, 5) is 19.2. The predicted molar refractivity (Wildman–Crippen MR) is 133 cm³/mol. The zero-order chi connectivity index (χ0) is 20.3. The molecule has 0 unspecified atom stereocenters. The molecule has 2 fully saturated rings. The molecule has 0 aromatic heterocycles. The number of rotatable bonds is 7. The van der Waals surface area contributed by atoms with Crippen LogP contribution >= 0.6 is 24.0 Å². The maximum Gasteiger partial charge on any atom is 0.227 e. The molecule has 1 saturated carbocycles. The van der Waals surface area contributed by atoms with Crippen molar-refractivity contribution >= 4 is 41.5 Å². The summed E-state index contributed by atoms with van der Waals surface area (Å²) in [6, 6.07) is 8.04. The largest absolute Gasteiger partial charge is 0.379 e. The van der Waals surface area contributed by atoms with Crippen molar-refractivity contribution in [3.8, 4) is 0 Å². The number of amides is 1. The van der Waals surface area contributed by atoms with E-state index in [1.807, 2.05) is 18.2 Å². The molecule has 168 valence electrons. The summed E-state index contributed by atoms with van der Waals surface area (Å²) in [5, 5.41) is 9.81. The molecule has 7 nitrogen and oxygen atoms in total. The predicted octanol–water partition coefficient (Wildman–Crippen LogP) is 2.82. The molecule has 0 spiro atoms. The Bertz CT molecular complexity index is 673. The molecule has 8 heteroatoms. The Hall–Kier alpha value is -1.39. The van der Waals surface area contributed by atoms with Crippen LogP contribution in [0, 0.1) is 5.92 Å². The third-order valence-corrected chi connectivity index (χ3v) is 5.68. The number of aliphatic imine (C=N–C) groups is 1. The molecule has 0 atom stereocenters.